The molecule has 0 aliphatic heterocycles. The Hall–Kier alpha value is -0.0800. The van der Waals surface area contributed by atoms with Crippen molar-refractivity contribution in [3.63, 3.8) is 0 Å². The topological polar surface area (TPSA) is 40.5 Å². The Bertz CT molecular complexity index is 674. The average molecular weight is 445 g/mol. The predicted molar refractivity (Wildman–Crippen MR) is 132 cm³/mol. The van der Waals surface area contributed by atoms with Gasteiger partial charge in [0.2, 0.25) is 0 Å². The Labute approximate surface area is 198 Å². The van der Waals surface area contributed by atoms with Crippen LogP contribution in [0.15, 0.2) is 0 Å². The van der Waals surface area contributed by atoms with Crippen molar-refractivity contribution in [2.45, 2.75) is 142 Å². The Balaban J connectivity index is 1.20. The van der Waals surface area contributed by atoms with Gasteiger partial charge in [-0.05, 0) is 142 Å². The van der Waals surface area contributed by atoms with Crippen molar-refractivity contribution in [1.29, 1.82) is 0 Å². The van der Waals surface area contributed by atoms with E-state index in [2.05, 4.69) is 27.7 Å². The molecule has 5 aliphatic rings. The van der Waals surface area contributed by atoms with Gasteiger partial charge >= 0.3 is 0 Å². The maximum Gasteiger partial charge on any atom is 0.0648 e. The van der Waals surface area contributed by atoms with Crippen molar-refractivity contribution in [3.05, 3.63) is 0 Å². The first-order chi connectivity index (χ1) is 15.0. The van der Waals surface area contributed by atoms with Crippen LogP contribution in [-0.2, 0) is 0 Å². The molecule has 184 valence electrons. The SMILES string of the molecule is CC1(C)CCC(O)(CCC[C@H]2CCC3C4CCC5CC(O)CCC5(C)C4CCC32C)CC1. The van der Waals surface area contributed by atoms with Gasteiger partial charge in [-0.25, -0.2) is 0 Å². The van der Waals surface area contributed by atoms with Crippen LogP contribution in [0.1, 0.15) is 130 Å². The van der Waals surface area contributed by atoms with Crippen molar-refractivity contribution in [2.24, 2.45) is 45.8 Å². The molecular formula is C30H52O2. The molecule has 0 saturated heterocycles. The quantitative estimate of drug-likeness (QED) is 0.471. The molecule has 2 nitrogen and oxygen atoms in total. The molecule has 5 saturated carbocycles. The summed E-state index contributed by atoms with van der Waals surface area (Å²) in [5.74, 6) is 4.46. The minimum Gasteiger partial charge on any atom is -0.393 e. The molecule has 0 aromatic heterocycles. The first-order valence-electron chi connectivity index (χ1n) is 14.5. The van der Waals surface area contributed by atoms with E-state index in [9.17, 15) is 10.2 Å². The van der Waals surface area contributed by atoms with E-state index in [4.69, 9.17) is 0 Å². The summed E-state index contributed by atoms with van der Waals surface area (Å²) in [7, 11) is 0. The Morgan fingerprint density at radius 3 is 2.16 bits per heavy atom. The molecule has 32 heavy (non-hydrogen) atoms. The van der Waals surface area contributed by atoms with Crippen LogP contribution < -0.4 is 0 Å². The second kappa shape index (κ2) is 8.25. The van der Waals surface area contributed by atoms with Gasteiger partial charge in [0.15, 0.2) is 0 Å². The van der Waals surface area contributed by atoms with Crippen LogP contribution >= 0.6 is 0 Å². The number of rotatable bonds is 4. The third-order valence-corrected chi connectivity index (χ3v) is 12.6. The fraction of sp³-hybridized carbons (Fsp3) is 1.00. The van der Waals surface area contributed by atoms with Gasteiger partial charge < -0.3 is 10.2 Å². The molecule has 0 bridgehead atoms. The second-order valence-corrected chi connectivity index (χ2v) is 14.7. The fourth-order valence-corrected chi connectivity index (χ4v) is 10.1. The number of fused-ring (bicyclic) bond motifs is 5. The van der Waals surface area contributed by atoms with E-state index in [1.54, 1.807) is 0 Å². The number of aliphatic hydroxyl groups is 2. The van der Waals surface area contributed by atoms with Crippen LogP contribution in [-0.4, -0.2) is 21.9 Å². The zero-order valence-corrected chi connectivity index (χ0v) is 21.7. The van der Waals surface area contributed by atoms with Crippen LogP contribution in [0.25, 0.3) is 0 Å². The van der Waals surface area contributed by atoms with Crippen LogP contribution in [0, 0.1) is 45.8 Å². The standard InChI is InChI=1S/C30H52O2/c1-27(2)16-18-30(32,19-17-27)13-5-6-21-8-10-25-24-9-7-22-20-23(31)11-14-29(22,4)26(24)12-15-28(21,25)3/h21-26,31-32H,5-20H2,1-4H3/t21-,22?,23?,24?,25?,26?,28?,29?/m0/s1. The molecule has 0 heterocycles. The van der Waals surface area contributed by atoms with Crippen LogP contribution in [0.5, 0.6) is 0 Å². The number of hydrogen-bond acceptors (Lipinski definition) is 2. The number of hydrogen-bond donors (Lipinski definition) is 2. The van der Waals surface area contributed by atoms with Crippen molar-refractivity contribution >= 4 is 0 Å². The van der Waals surface area contributed by atoms with E-state index in [0.717, 1.165) is 61.7 Å². The Morgan fingerprint density at radius 1 is 0.719 bits per heavy atom. The highest BCUT2D eigenvalue weighted by Crippen LogP contribution is 2.68. The maximum atomic E-state index is 11.2. The van der Waals surface area contributed by atoms with E-state index in [0.29, 0.717) is 16.2 Å². The van der Waals surface area contributed by atoms with E-state index in [-0.39, 0.29) is 11.7 Å². The Kier molecular flexibility index (Phi) is 6.10. The van der Waals surface area contributed by atoms with Crippen molar-refractivity contribution in [1.82, 2.24) is 0 Å². The summed E-state index contributed by atoms with van der Waals surface area (Å²) in [4.78, 5) is 0. The molecule has 8 atom stereocenters. The van der Waals surface area contributed by atoms with Gasteiger partial charge in [0.1, 0.15) is 0 Å². The molecule has 5 rings (SSSR count). The summed E-state index contributed by atoms with van der Waals surface area (Å²) in [6.45, 7) is 10.0. The molecule has 0 radical (unpaired) electrons. The fourth-order valence-electron chi connectivity index (χ4n) is 10.1. The van der Waals surface area contributed by atoms with Crippen LogP contribution in [0.4, 0.5) is 0 Å². The van der Waals surface area contributed by atoms with Gasteiger partial charge in [0, 0.05) is 0 Å². The van der Waals surface area contributed by atoms with Gasteiger partial charge in [0.25, 0.3) is 0 Å². The van der Waals surface area contributed by atoms with Gasteiger partial charge in [-0.3, -0.25) is 0 Å². The molecule has 0 spiro atoms. The van der Waals surface area contributed by atoms with Crippen molar-refractivity contribution in [2.75, 3.05) is 0 Å². The molecule has 0 amide bonds. The summed E-state index contributed by atoms with van der Waals surface area (Å²) >= 11 is 0. The smallest absolute Gasteiger partial charge is 0.0648 e. The average Bonchev–Trinajstić information content (AvgIpc) is 3.08. The normalized spacial score (nSPS) is 49.7. The maximum absolute atomic E-state index is 11.2. The Morgan fingerprint density at radius 2 is 1.41 bits per heavy atom. The second-order valence-electron chi connectivity index (χ2n) is 14.7. The molecule has 0 aromatic rings. The summed E-state index contributed by atoms with van der Waals surface area (Å²) in [6, 6.07) is 0. The third kappa shape index (κ3) is 4.02. The summed E-state index contributed by atoms with van der Waals surface area (Å²) in [5, 5.41) is 21.5. The third-order valence-electron chi connectivity index (χ3n) is 12.6. The highest BCUT2D eigenvalue weighted by Gasteiger charge is 2.59. The van der Waals surface area contributed by atoms with Gasteiger partial charge in [-0.2, -0.15) is 0 Å². The zero-order chi connectivity index (χ0) is 22.8. The summed E-state index contributed by atoms with van der Waals surface area (Å²) < 4.78 is 0. The van der Waals surface area contributed by atoms with Crippen LogP contribution in [0.3, 0.4) is 0 Å². The molecule has 7 unspecified atom stereocenters. The molecule has 2 N–H and O–H groups in total. The lowest BCUT2D eigenvalue weighted by Crippen LogP contribution is -2.53. The minimum absolute atomic E-state index is 0.0283. The molecular weight excluding hydrogens is 392 g/mol. The van der Waals surface area contributed by atoms with E-state index < -0.39 is 0 Å². The lowest BCUT2D eigenvalue weighted by atomic mass is 9.44. The van der Waals surface area contributed by atoms with Gasteiger partial charge in [-0.1, -0.05) is 34.1 Å². The van der Waals surface area contributed by atoms with E-state index in [1.807, 2.05) is 0 Å². The molecule has 5 aliphatic carbocycles. The molecule has 0 aromatic carbocycles. The van der Waals surface area contributed by atoms with Crippen molar-refractivity contribution < 1.29 is 10.2 Å². The number of aliphatic hydroxyl groups excluding tert-OH is 1. The summed E-state index contributed by atoms with van der Waals surface area (Å²) in [5.41, 5.74) is 1.11. The first kappa shape index (κ1) is 23.7. The minimum atomic E-state index is -0.370. The first-order valence-corrected chi connectivity index (χ1v) is 14.5. The lowest BCUT2D eigenvalue weighted by Gasteiger charge is -2.61. The van der Waals surface area contributed by atoms with Gasteiger partial charge in [0.05, 0.1) is 11.7 Å². The predicted octanol–water partition coefficient (Wildman–Crippen LogP) is 7.51. The van der Waals surface area contributed by atoms with Crippen molar-refractivity contribution in [3.8, 4) is 0 Å². The highest BCUT2D eigenvalue weighted by molar-refractivity contribution is 5.09. The zero-order valence-electron chi connectivity index (χ0n) is 21.7. The monoisotopic (exact) mass is 444 g/mol. The molecule has 2 heteroatoms. The summed E-state index contributed by atoms with van der Waals surface area (Å²) in [6.07, 6.45) is 20.0. The largest absolute Gasteiger partial charge is 0.393 e. The molecule has 5 fully saturated rings. The van der Waals surface area contributed by atoms with E-state index in [1.165, 1.54) is 70.6 Å². The highest BCUT2D eigenvalue weighted by atomic mass is 16.3. The van der Waals surface area contributed by atoms with E-state index >= 15 is 0 Å². The lowest BCUT2D eigenvalue weighted by molar-refractivity contribution is -0.127. The van der Waals surface area contributed by atoms with Crippen LogP contribution in [0.2, 0.25) is 0 Å². The van der Waals surface area contributed by atoms with Gasteiger partial charge in [-0.15, -0.1) is 0 Å².